The molecule has 0 fully saturated rings. The van der Waals surface area contributed by atoms with E-state index in [0.717, 1.165) is 37.5 Å². The Morgan fingerprint density at radius 3 is 2.67 bits per heavy atom. The first kappa shape index (κ1) is 11.9. The van der Waals surface area contributed by atoms with Crippen LogP contribution in [0.3, 0.4) is 0 Å². The summed E-state index contributed by atoms with van der Waals surface area (Å²) in [7, 11) is 0. The standard InChI is InChI=1S/C11H15F2NO/c12-9-4-5-10(13)11(8-9)15-7-3-1-2-6-14/h4-5,8H,1-3,6-7,14H2. The van der Waals surface area contributed by atoms with Crippen LogP contribution < -0.4 is 10.5 Å². The molecule has 0 aliphatic carbocycles. The van der Waals surface area contributed by atoms with E-state index in [1.807, 2.05) is 0 Å². The van der Waals surface area contributed by atoms with Gasteiger partial charge in [0, 0.05) is 6.07 Å². The minimum absolute atomic E-state index is 0.0252. The molecule has 0 radical (unpaired) electrons. The van der Waals surface area contributed by atoms with Gasteiger partial charge in [0.05, 0.1) is 6.61 Å². The quantitative estimate of drug-likeness (QED) is 0.740. The van der Waals surface area contributed by atoms with Gasteiger partial charge in [0.1, 0.15) is 5.82 Å². The lowest BCUT2D eigenvalue weighted by Gasteiger charge is -2.06. The van der Waals surface area contributed by atoms with E-state index in [1.54, 1.807) is 0 Å². The number of hydrogen-bond donors (Lipinski definition) is 1. The highest BCUT2D eigenvalue weighted by Crippen LogP contribution is 2.18. The lowest BCUT2D eigenvalue weighted by atomic mass is 10.2. The Morgan fingerprint density at radius 1 is 1.13 bits per heavy atom. The van der Waals surface area contributed by atoms with E-state index in [-0.39, 0.29) is 5.75 Å². The van der Waals surface area contributed by atoms with Crippen LogP contribution in [0, 0.1) is 11.6 Å². The van der Waals surface area contributed by atoms with Crippen LogP contribution in [0.4, 0.5) is 8.78 Å². The first-order chi connectivity index (χ1) is 7.24. The average Bonchev–Trinajstić information content (AvgIpc) is 2.23. The van der Waals surface area contributed by atoms with Gasteiger partial charge in [-0.2, -0.15) is 0 Å². The number of rotatable bonds is 6. The van der Waals surface area contributed by atoms with Crippen LogP contribution in [0.25, 0.3) is 0 Å². The van der Waals surface area contributed by atoms with E-state index in [1.165, 1.54) is 0 Å². The second kappa shape index (κ2) is 6.35. The summed E-state index contributed by atoms with van der Waals surface area (Å²) in [6.45, 7) is 1.04. The Labute approximate surface area is 88.0 Å². The molecule has 0 spiro atoms. The van der Waals surface area contributed by atoms with Gasteiger partial charge >= 0.3 is 0 Å². The van der Waals surface area contributed by atoms with Gasteiger partial charge in [-0.25, -0.2) is 8.78 Å². The molecule has 0 amide bonds. The van der Waals surface area contributed by atoms with Gasteiger partial charge < -0.3 is 10.5 Å². The molecular formula is C11H15F2NO. The largest absolute Gasteiger partial charge is 0.490 e. The molecule has 0 aliphatic heterocycles. The van der Waals surface area contributed by atoms with Gasteiger partial charge in [0.2, 0.25) is 0 Å². The molecule has 1 aromatic rings. The Kier molecular flexibility index (Phi) is 5.04. The molecule has 1 aromatic carbocycles. The van der Waals surface area contributed by atoms with Gasteiger partial charge in [0.15, 0.2) is 11.6 Å². The maximum absolute atomic E-state index is 13.0. The molecule has 4 heteroatoms. The van der Waals surface area contributed by atoms with Crippen LogP contribution in [-0.2, 0) is 0 Å². The molecular weight excluding hydrogens is 200 g/mol. The van der Waals surface area contributed by atoms with Crippen molar-refractivity contribution in [1.29, 1.82) is 0 Å². The molecule has 0 atom stereocenters. The molecule has 0 bridgehead atoms. The van der Waals surface area contributed by atoms with Gasteiger partial charge in [-0.15, -0.1) is 0 Å². The molecule has 1 rings (SSSR count). The van der Waals surface area contributed by atoms with Crippen molar-refractivity contribution in [3.8, 4) is 5.75 Å². The van der Waals surface area contributed by atoms with Crippen LogP contribution in [0.1, 0.15) is 19.3 Å². The zero-order valence-electron chi connectivity index (χ0n) is 8.51. The van der Waals surface area contributed by atoms with Crippen molar-refractivity contribution >= 4 is 0 Å². The van der Waals surface area contributed by atoms with Crippen molar-refractivity contribution in [3.05, 3.63) is 29.8 Å². The number of hydrogen-bond acceptors (Lipinski definition) is 2. The minimum atomic E-state index is -0.532. The highest BCUT2D eigenvalue weighted by molar-refractivity contribution is 5.24. The number of halogens is 2. The molecule has 0 saturated heterocycles. The van der Waals surface area contributed by atoms with E-state index < -0.39 is 11.6 Å². The molecule has 0 unspecified atom stereocenters. The summed E-state index contributed by atoms with van der Waals surface area (Å²) in [4.78, 5) is 0. The fraction of sp³-hybridized carbons (Fsp3) is 0.455. The summed E-state index contributed by atoms with van der Waals surface area (Å²) in [6.07, 6.45) is 2.66. The number of unbranched alkanes of at least 4 members (excludes halogenated alkanes) is 2. The maximum atomic E-state index is 13.0. The molecule has 84 valence electrons. The SMILES string of the molecule is NCCCCCOc1cc(F)ccc1F. The second-order valence-corrected chi connectivity index (χ2v) is 3.27. The Morgan fingerprint density at radius 2 is 1.93 bits per heavy atom. The van der Waals surface area contributed by atoms with E-state index in [4.69, 9.17) is 10.5 Å². The predicted molar refractivity (Wildman–Crippen MR) is 54.8 cm³/mol. The van der Waals surface area contributed by atoms with Crippen molar-refractivity contribution in [1.82, 2.24) is 0 Å². The van der Waals surface area contributed by atoms with E-state index in [9.17, 15) is 8.78 Å². The highest BCUT2D eigenvalue weighted by atomic mass is 19.1. The summed E-state index contributed by atoms with van der Waals surface area (Å²) in [5.41, 5.74) is 5.32. The van der Waals surface area contributed by atoms with Crippen LogP contribution in [-0.4, -0.2) is 13.2 Å². The summed E-state index contributed by atoms with van der Waals surface area (Å²) in [5.74, 6) is -1.05. The fourth-order valence-electron chi connectivity index (χ4n) is 1.19. The summed E-state index contributed by atoms with van der Waals surface area (Å²) in [5, 5.41) is 0. The Bertz CT molecular complexity index is 305. The predicted octanol–water partition coefficient (Wildman–Crippen LogP) is 2.47. The van der Waals surface area contributed by atoms with E-state index >= 15 is 0 Å². The molecule has 0 aromatic heterocycles. The van der Waals surface area contributed by atoms with Crippen molar-refractivity contribution in [2.24, 2.45) is 5.73 Å². The van der Waals surface area contributed by atoms with E-state index in [0.29, 0.717) is 13.2 Å². The normalized spacial score (nSPS) is 10.3. The molecule has 2 nitrogen and oxygen atoms in total. The van der Waals surface area contributed by atoms with Crippen molar-refractivity contribution in [2.75, 3.05) is 13.2 Å². The first-order valence-electron chi connectivity index (χ1n) is 5.02. The van der Waals surface area contributed by atoms with Gasteiger partial charge in [-0.1, -0.05) is 0 Å². The zero-order chi connectivity index (χ0) is 11.1. The van der Waals surface area contributed by atoms with Crippen LogP contribution in [0.5, 0.6) is 5.75 Å². The van der Waals surface area contributed by atoms with Crippen molar-refractivity contribution in [3.63, 3.8) is 0 Å². The van der Waals surface area contributed by atoms with Crippen LogP contribution in [0.15, 0.2) is 18.2 Å². The summed E-state index contributed by atoms with van der Waals surface area (Å²) < 4.78 is 30.9. The van der Waals surface area contributed by atoms with Gasteiger partial charge in [0.25, 0.3) is 0 Å². The third-order valence-electron chi connectivity index (χ3n) is 2.00. The zero-order valence-corrected chi connectivity index (χ0v) is 8.51. The topological polar surface area (TPSA) is 35.2 Å². The molecule has 2 N–H and O–H groups in total. The number of ether oxygens (including phenoxy) is 1. The average molecular weight is 215 g/mol. The van der Waals surface area contributed by atoms with Crippen molar-refractivity contribution < 1.29 is 13.5 Å². The van der Waals surface area contributed by atoms with Gasteiger partial charge in [-0.05, 0) is 37.9 Å². The molecule has 0 saturated carbocycles. The van der Waals surface area contributed by atoms with Gasteiger partial charge in [-0.3, -0.25) is 0 Å². The lowest BCUT2D eigenvalue weighted by molar-refractivity contribution is 0.289. The maximum Gasteiger partial charge on any atom is 0.165 e. The Hall–Kier alpha value is -1.16. The Balaban J connectivity index is 2.33. The molecule has 15 heavy (non-hydrogen) atoms. The number of benzene rings is 1. The smallest absolute Gasteiger partial charge is 0.165 e. The molecule has 0 heterocycles. The fourth-order valence-corrected chi connectivity index (χ4v) is 1.19. The van der Waals surface area contributed by atoms with Crippen LogP contribution in [0.2, 0.25) is 0 Å². The van der Waals surface area contributed by atoms with E-state index in [2.05, 4.69) is 0 Å². The monoisotopic (exact) mass is 215 g/mol. The van der Waals surface area contributed by atoms with Crippen LogP contribution >= 0.6 is 0 Å². The summed E-state index contributed by atoms with van der Waals surface area (Å²) in [6, 6.07) is 3.18. The third-order valence-corrected chi connectivity index (χ3v) is 2.00. The van der Waals surface area contributed by atoms with Crippen molar-refractivity contribution in [2.45, 2.75) is 19.3 Å². The minimum Gasteiger partial charge on any atom is -0.490 e. The second-order valence-electron chi connectivity index (χ2n) is 3.27. The number of nitrogens with two attached hydrogens (primary N) is 1. The first-order valence-corrected chi connectivity index (χ1v) is 5.02. The highest BCUT2D eigenvalue weighted by Gasteiger charge is 2.04. The molecule has 0 aliphatic rings. The summed E-state index contributed by atoms with van der Waals surface area (Å²) >= 11 is 0. The third kappa shape index (κ3) is 4.25. The lowest BCUT2D eigenvalue weighted by Crippen LogP contribution is -2.02.